The Morgan fingerprint density at radius 2 is 1.90 bits per heavy atom. The van der Waals surface area contributed by atoms with Gasteiger partial charge in [-0.25, -0.2) is 0 Å². The van der Waals surface area contributed by atoms with E-state index in [1.54, 1.807) is 0 Å². The second kappa shape index (κ2) is 7.07. The predicted molar refractivity (Wildman–Crippen MR) is 86.8 cm³/mol. The normalized spacial score (nSPS) is 20.2. The Morgan fingerprint density at radius 3 is 2.57 bits per heavy atom. The molecule has 0 aromatic heterocycles. The molecular formula is C16H21BrN2O2. The highest BCUT2D eigenvalue weighted by Gasteiger charge is 2.47. The van der Waals surface area contributed by atoms with Crippen molar-refractivity contribution in [2.24, 2.45) is 17.8 Å². The van der Waals surface area contributed by atoms with Crippen LogP contribution in [0.5, 0.6) is 0 Å². The van der Waals surface area contributed by atoms with Crippen molar-refractivity contribution < 1.29 is 9.59 Å². The first-order chi connectivity index (χ1) is 9.99. The van der Waals surface area contributed by atoms with Gasteiger partial charge in [-0.2, -0.15) is 0 Å². The van der Waals surface area contributed by atoms with Gasteiger partial charge in [0.15, 0.2) is 0 Å². The lowest BCUT2D eigenvalue weighted by Gasteiger charge is -2.08. The minimum atomic E-state index is -0.198. The van der Waals surface area contributed by atoms with Gasteiger partial charge in [0, 0.05) is 11.0 Å². The van der Waals surface area contributed by atoms with Crippen LogP contribution in [0, 0.1) is 17.8 Å². The SMILES string of the molecule is CC(C)CCNC(=O)C1CC1C(=O)Nc1ccccc1Br. The first kappa shape index (κ1) is 16.0. The third-order valence-electron chi connectivity index (χ3n) is 3.62. The van der Waals surface area contributed by atoms with E-state index in [1.165, 1.54) is 0 Å². The number of rotatable bonds is 6. The molecule has 1 aliphatic carbocycles. The maximum absolute atomic E-state index is 12.1. The summed E-state index contributed by atoms with van der Waals surface area (Å²) in [5.74, 6) is 0.128. The number of amides is 2. The summed E-state index contributed by atoms with van der Waals surface area (Å²) in [5.41, 5.74) is 0.744. The Kier molecular flexibility index (Phi) is 5.39. The van der Waals surface area contributed by atoms with Gasteiger partial charge in [0.1, 0.15) is 0 Å². The summed E-state index contributed by atoms with van der Waals surface area (Å²) < 4.78 is 0.844. The van der Waals surface area contributed by atoms with Crippen LogP contribution in [-0.4, -0.2) is 18.4 Å². The van der Waals surface area contributed by atoms with Gasteiger partial charge < -0.3 is 10.6 Å². The van der Waals surface area contributed by atoms with Crippen LogP contribution in [0.3, 0.4) is 0 Å². The lowest BCUT2D eigenvalue weighted by atomic mass is 10.1. The van der Waals surface area contributed by atoms with Crippen molar-refractivity contribution in [3.8, 4) is 0 Å². The van der Waals surface area contributed by atoms with Crippen molar-refractivity contribution in [1.82, 2.24) is 5.32 Å². The van der Waals surface area contributed by atoms with Crippen molar-refractivity contribution in [3.63, 3.8) is 0 Å². The van der Waals surface area contributed by atoms with E-state index < -0.39 is 0 Å². The van der Waals surface area contributed by atoms with E-state index in [9.17, 15) is 9.59 Å². The van der Waals surface area contributed by atoms with Crippen molar-refractivity contribution in [2.75, 3.05) is 11.9 Å². The van der Waals surface area contributed by atoms with Crippen LogP contribution < -0.4 is 10.6 Å². The van der Waals surface area contributed by atoms with E-state index in [4.69, 9.17) is 0 Å². The molecule has 2 unspecified atom stereocenters. The number of hydrogen-bond donors (Lipinski definition) is 2. The van der Waals surface area contributed by atoms with Crippen LogP contribution in [0.4, 0.5) is 5.69 Å². The summed E-state index contributed by atoms with van der Waals surface area (Å²) >= 11 is 3.39. The molecular weight excluding hydrogens is 332 g/mol. The third kappa shape index (κ3) is 4.56. The Bertz CT molecular complexity index is 531. The second-order valence-electron chi connectivity index (χ2n) is 5.89. The highest BCUT2D eigenvalue weighted by atomic mass is 79.9. The van der Waals surface area contributed by atoms with Crippen molar-refractivity contribution in [2.45, 2.75) is 26.7 Å². The fraction of sp³-hybridized carbons (Fsp3) is 0.500. The third-order valence-corrected chi connectivity index (χ3v) is 4.31. The summed E-state index contributed by atoms with van der Waals surface area (Å²) in [7, 11) is 0. The molecule has 0 radical (unpaired) electrons. The van der Waals surface area contributed by atoms with Gasteiger partial charge >= 0.3 is 0 Å². The fourth-order valence-corrected chi connectivity index (χ4v) is 2.56. The summed E-state index contributed by atoms with van der Waals surface area (Å²) in [6, 6.07) is 7.46. The number of carbonyl (C=O) groups excluding carboxylic acids is 2. The molecule has 0 saturated heterocycles. The highest BCUT2D eigenvalue weighted by molar-refractivity contribution is 9.10. The minimum Gasteiger partial charge on any atom is -0.356 e. The van der Waals surface area contributed by atoms with Gasteiger partial charge in [-0.1, -0.05) is 26.0 Å². The van der Waals surface area contributed by atoms with Crippen LogP contribution >= 0.6 is 15.9 Å². The molecule has 0 heterocycles. The highest BCUT2D eigenvalue weighted by Crippen LogP contribution is 2.39. The number of anilines is 1. The lowest BCUT2D eigenvalue weighted by molar-refractivity contribution is -0.125. The summed E-state index contributed by atoms with van der Waals surface area (Å²) in [6.45, 7) is 4.93. The topological polar surface area (TPSA) is 58.2 Å². The molecule has 1 aliphatic rings. The number of para-hydroxylation sites is 1. The van der Waals surface area contributed by atoms with Gasteiger partial charge in [-0.15, -0.1) is 0 Å². The molecule has 4 nitrogen and oxygen atoms in total. The van der Waals surface area contributed by atoms with Crippen LogP contribution in [0.1, 0.15) is 26.7 Å². The maximum Gasteiger partial charge on any atom is 0.228 e. The monoisotopic (exact) mass is 352 g/mol. The maximum atomic E-state index is 12.1. The number of hydrogen-bond acceptors (Lipinski definition) is 2. The van der Waals surface area contributed by atoms with Gasteiger partial charge in [-0.05, 0) is 46.8 Å². The zero-order valence-electron chi connectivity index (χ0n) is 12.4. The first-order valence-electron chi connectivity index (χ1n) is 7.32. The van der Waals surface area contributed by atoms with Crippen LogP contribution in [0.2, 0.25) is 0 Å². The Hall–Kier alpha value is -1.36. The molecule has 1 aromatic rings. The van der Waals surface area contributed by atoms with Crippen LogP contribution in [0.25, 0.3) is 0 Å². The van der Waals surface area contributed by atoms with Gasteiger partial charge in [-0.3, -0.25) is 9.59 Å². The van der Waals surface area contributed by atoms with E-state index in [1.807, 2.05) is 24.3 Å². The largest absolute Gasteiger partial charge is 0.356 e. The smallest absolute Gasteiger partial charge is 0.228 e. The van der Waals surface area contributed by atoms with E-state index in [0.717, 1.165) is 16.6 Å². The standard InChI is InChI=1S/C16H21BrN2O2/c1-10(2)7-8-18-15(20)11-9-12(11)16(21)19-14-6-4-3-5-13(14)17/h3-6,10-12H,7-9H2,1-2H3,(H,18,20)(H,19,21). The summed E-state index contributed by atoms with van der Waals surface area (Å²) in [5, 5.41) is 5.77. The van der Waals surface area contributed by atoms with Crippen molar-refractivity contribution in [3.05, 3.63) is 28.7 Å². The minimum absolute atomic E-state index is 0.00271. The molecule has 1 saturated carbocycles. The quantitative estimate of drug-likeness (QED) is 0.825. The number of benzene rings is 1. The van der Waals surface area contributed by atoms with Crippen molar-refractivity contribution in [1.29, 1.82) is 0 Å². The molecule has 1 fully saturated rings. The Balaban J connectivity index is 1.79. The van der Waals surface area contributed by atoms with Crippen LogP contribution in [0.15, 0.2) is 28.7 Å². The number of halogens is 1. The van der Waals surface area contributed by atoms with E-state index >= 15 is 0 Å². The number of nitrogens with one attached hydrogen (secondary N) is 2. The molecule has 2 atom stereocenters. The average Bonchev–Trinajstić information content (AvgIpc) is 3.21. The van der Waals surface area contributed by atoms with Gasteiger partial charge in [0.25, 0.3) is 0 Å². The molecule has 1 aromatic carbocycles. The van der Waals surface area contributed by atoms with E-state index in [2.05, 4.69) is 40.4 Å². The average molecular weight is 353 g/mol. The summed E-state index contributed by atoms with van der Waals surface area (Å²) in [6.07, 6.45) is 1.61. The Labute approximate surface area is 133 Å². The molecule has 2 rings (SSSR count). The Morgan fingerprint density at radius 1 is 1.24 bits per heavy atom. The lowest BCUT2D eigenvalue weighted by Crippen LogP contribution is -2.28. The molecule has 0 aliphatic heterocycles. The van der Waals surface area contributed by atoms with E-state index in [-0.39, 0.29) is 23.7 Å². The molecule has 2 N–H and O–H groups in total. The van der Waals surface area contributed by atoms with E-state index in [0.29, 0.717) is 18.9 Å². The summed E-state index contributed by atoms with van der Waals surface area (Å²) in [4.78, 5) is 24.0. The molecule has 21 heavy (non-hydrogen) atoms. The molecule has 0 bridgehead atoms. The van der Waals surface area contributed by atoms with Gasteiger partial charge in [0.05, 0.1) is 17.5 Å². The van der Waals surface area contributed by atoms with Gasteiger partial charge in [0.2, 0.25) is 11.8 Å². The molecule has 114 valence electrons. The van der Waals surface area contributed by atoms with Crippen molar-refractivity contribution >= 4 is 33.4 Å². The molecule has 0 spiro atoms. The molecule has 5 heteroatoms. The molecule has 2 amide bonds. The fourth-order valence-electron chi connectivity index (χ4n) is 2.18. The zero-order chi connectivity index (χ0) is 15.4. The number of carbonyl (C=O) groups is 2. The van der Waals surface area contributed by atoms with Crippen LogP contribution in [-0.2, 0) is 9.59 Å². The predicted octanol–water partition coefficient (Wildman–Crippen LogP) is 3.19. The zero-order valence-corrected chi connectivity index (χ0v) is 13.9. The second-order valence-corrected chi connectivity index (χ2v) is 6.75. The first-order valence-corrected chi connectivity index (χ1v) is 8.11.